The van der Waals surface area contributed by atoms with Crippen LogP contribution >= 0.6 is 0 Å². The maximum absolute atomic E-state index is 11.4. The van der Waals surface area contributed by atoms with Crippen molar-refractivity contribution in [2.45, 2.75) is 46.0 Å². The molecule has 1 fully saturated rings. The highest BCUT2D eigenvalue weighted by atomic mass is 16.7. The first-order valence-corrected chi connectivity index (χ1v) is 5.31. The zero-order valence-corrected chi connectivity index (χ0v) is 10.5. The zero-order valence-electron chi connectivity index (χ0n) is 10.5. The molecule has 0 aromatic heterocycles. The molecule has 93 valence electrons. The fourth-order valence-electron chi connectivity index (χ4n) is 1.13. The van der Waals surface area contributed by atoms with Crippen molar-refractivity contribution in [3.05, 3.63) is 6.04 Å². The predicted octanol–water partition coefficient (Wildman–Crippen LogP) is 1.83. The van der Waals surface area contributed by atoms with Crippen LogP contribution in [0, 0.1) is 6.04 Å². The summed E-state index contributed by atoms with van der Waals surface area (Å²) in [5, 5.41) is 2.62. The van der Waals surface area contributed by atoms with E-state index < -0.39 is 17.5 Å². The molecule has 0 unspecified atom stereocenters. The van der Waals surface area contributed by atoms with Gasteiger partial charge in [0.15, 0.2) is 5.79 Å². The van der Waals surface area contributed by atoms with Crippen LogP contribution in [0.4, 0.5) is 4.79 Å². The summed E-state index contributed by atoms with van der Waals surface area (Å²) < 4.78 is 15.9. The van der Waals surface area contributed by atoms with Crippen molar-refractivity contribution in [2.75, 3.05) is 13.2 Å². The van der Waals surface area contributed by atoms with Crippen molar-refractivity contribution in [3.8, 4) is 0 Å². The Kier molecular flexibility index (Phi) is 3.80. The molecule has 0 atom stereocenters. The van der Waals surface area contributed by atoms with Gasteiger partial charge in [-0.25, -0.2) is 4.79 Å². The molecule has 1 aliphatic rings. The third-order valence-corrected chi connectivity index (χ3v) is 1.87. The lowest BCUT2D eigenvalue weighted by Crippen LogP contribution is -2.46. The highest BCUT2D eigenvalue weighted by Gasteiger charge is 2.30. The molecule has 5 heteroatoms. The monoisotopic (exact) mass is 230 g/mol. The molecule has 0 aromatic rings. The molecule has 0 saturated carbocycles. The largest absolute Gasteiger partial charge is 0.444 e. The Labute approximate surface area is 96.4 Å². The van der Waals surface area contributed by atoms with Crippen LogP contribution in [0.5, 0.6) is 0 Å². The Balaban J connectivity index is 2.32. The van der Waals surface area contributed by atoms with Gasteiger partial charge in [0.25, 0.3) is 0 Å². The molecule has 0 bridgehead atoms. The first-order chi connectivity index (χ1) is 7.18. The second kappa shape index (κ2) is 4.59. The molecule has 0 aliphatic carbocycles. The van der Waals surface area contributed by atoms with Crippen LogP contribution in [-0.2, 0) is 14.2 Å². The second-order valence-corrected chi connectivity index (χ2v) is 5.21. The standard InChI is InChI=1S/C11H20NO4/c1-10(2,3)16-9(13)12-8-6-14-11(4,5)15-7-8/h6-7H2,1-5H3,(H,12,13). The highest BCUT2D eigenvalue weighted by molar-refractivity contribution is 5.69. The predicted molar refractivity (Wildman–Crippen MR) is 58.6 cm³/mol. The number of nitrogens with one attached hydrogen (secondary N) is 1. The molecule has 1 rings (SSSR count). The molecule has 1 amide bonds. The van der Waals surface area contributed by atoms with Crippen LogP contribution in [0.2, 0.25) is 0 Å². The Bertz CT molecular complexity index is 247. The number of rotatable bonds is 1. The number of hydrogen-bond donors (Lipinski definition) is 1. The highest BCUT2D eigenvalue weighted by Crippen LogP contribution is 2.20. The number of carbonyl (C=O) groups is 1. The van der Waals surface area contributed by atoms with E-state index in [1.54, 1.807) is 0 Å². The molecular formula is C11H20NO4. The summed E-state index contributed by atoms with van der Waals surface area (Å²) in [4.78, 5) is 11.4. The summed E-state index contributed by atoms with van der Waals surface area (Å²) in [5.74, 6) is -0.584. The fourth-order valence-corrected chi connectivity index (χ4v) is 1.13. The van der Waals surface area contributed by atoms with E-state index in [1.165, 1.54) is 0 Å². The van der Waals surface area contributed by atoms with Gasteiger partial charge in [0.05, 0.1) is 13.2 Å². The lowest BCUT2D eigenvalue weighted by Gasteiger charge is -2.34. The van der Waals surface area contributed by atoms with Gasteiger partial charge >= 0.3 is 6.09 Å². The Morgan fingerprint density at radius 1 is 1.31 bits per heavy atom. The van der Waals surface area contributed by atoms with E-state index >= 15 is 0 Å². The van der Waals surface area contributed by atoms with Crippen LogP contribution in [0.1, 0.15) is 34.6 Å². The lowest BCUT2D eigenvalue weighted by molar-refractivity contribution is -0.237. The minimum absolute atomic E-state index is 0.353. The van der Waals surface area contributed by atoms with Gasteiger partial charge in [0, 0.05) is 0 Å². The first kappa shape index (κ1) is 13.3. The summed E-state index contributed by atoms with van der Waals surface area (Å²) in [5.41, 5.74) is -0.500. The maximum Gasteiger partial charge on any atom is 0.408 e. The Hall–Kier alpha value is -0.810. The van der Waals surface area contributed by atoms with E-state index in [0.29, 0.717) is 19.3 Å². The number of amides is 1. The first-order valence-electron chi connectivity index (χ1n) is 5.31. The molecule has 0 spiro atoms. The fraction of sp³-hybridized carbons (Fsp3) is 0.818. The van der Waals surface area contributed by atoms with Gasteiger partial charge in [0.2, 0.25) is 0 Å². The van der Waals surface area contributed by atoms with Crippen molar-refractivity contribution in [1.82, 2.24) is 5.32 Å². The minimum atomic E-state index is -0.584. The van der Waals surface area contributed by atoms with Crippen LogP contribution in [0.3, 0.4) is 0 Å². The summed E-state index contributed by atoms with van der Waals surface area (Å²) >= 11 is 0. The van der Waals surface area contributed by atoms with Gasteiger partial charge < -0.3 is 19.5 Å². The van der Waals surface area contributed by atoms with Crippen molar-refractivity contribution >= 4 is 6.09 Å². The van der Waals surface area contributed by atoms with Crippen LogP contribution in [0.25, 0.3) is 0 Å². The molecule has 1 radical (unpaired) electrons. The van der Waals surface area contributed by atoms with Gasteiger partial charge in [-0.15, -0.1) is 0 Å². The smallest absolute Gasteiger partial charge is 0.408 e. The van der Waals surface area contributed by atoms with E-state index in [0.717, 1.165) is 0 Å². The van der Waals surface area contributed by atoms with E-state index in [9.17, 15) is 4.79 Å². The van der Waals surface area contributed by atoms with Gasteiger partial charge in [-0.2, -0.15) is 0 Å². The molecule has 16 heavy (non-hydrogen) atoms. The van der Waals surface area contributed by atoms with Crippen molar-refractivity contribution in [3.63, 3.8) is 0 Å². The van der Waals surface area contributed by atoms with Gasteiger partial charge in [0.1, 0.15) is 11.6 Å². The molecule has 5 nitrogen and oxygen atoms in total. The quantitative estimate of drug-likeness (QED) is 0.746. The molecule has 1 aliphatic heterocycles. The summed E-state index contributed by atoms with van der Waals surface area (Å²) in [6.45, 7) is 9.81. The van der Waals surface area contributed by atoms with Gasteiger partial charge in [-0.05, 0) is 34.6 Å². The normalized spacial score (nSPS) is 21.6. The Morgan fingerprint density at radius 2 is 1.81 bits per heavy atom. The topological polar surface area (TPSA) is 56.8 Å². The number of hydrogen-bond acceptors (Lipinski definition) is 4. The summed E-state index contributed by atoms with van der Waals surface area (Å²) in [6.07, 6.45) is -0.477. The average molecular weight is 230 g/mol. The zero-order chi connectivity index (χ0) is 12.4. The third kappa shape index (κ3) is 4.81. The average Bonchev–Trinajstić information content (AvgIpc) is 2.05. The maximum atomic E-state index is 11.4. The molecule has 1 heterocycles. The number of ether oxygens (including phenoxy) is 3. The van der Waals surface area contributed by atoms with Crippen LogP contribution < -0.4 is 5.32 Å². The number of carbonyl (C=O) groups excluding carboxylic acids is 1. The second-order valence-electron chi connectivity index (χ2n) is 5.21. The van der Waals surface area contributed by atoms with Crippen LogP contribution in [-0.4, -0.2) is 30.7 Å². The Morgan fingerprint density at radius 3 is 2.25 bits per heavy atom. The van der Waals surface area contributed by atoms with Crippen LogP contribution in [0.15, 0.2) is 0 Å². The van der Waals surface area contributed by atoms with Crippen molar-refractivity contribution in [2.24, 2.45) is 0 Å². The van der Waals surface area contributed by atoms with Crippen molar-refractivity contribution in [1.29, 1.82) is 0 Å². The van der Waals surface area contributed by atoms with E-state index in [1.807, 2.05) is 34.6 Å². The van der Waals surface area contributed by atoms with E-state index in [-0.39, 0.29) is 0 Å². The summed E-state index contributed by atoms with van der Waals surface area (Å²) in [6, 6.07) is 0.675. The van der Waals surface area contributed by atoms with E-state index in [2.05, 4.69) is 5.32 Å². The lowest BCUT2D eigenvalue weighted by atomic mass is 10.2. The third-order valence-electron chi connectivity index (χ3n) is 1.87. The minimum Gasteiger partial charge on any atom is -0.444 e. The van der Waals surface area contributed by atoms with Crippen molar-refractivity contribution < 1.29 is 19.0 Å². The van der Waals surface area contributed by atoms with E-state index in [4.69, 9.17) is 14.2 Å². The molecule has 1 N–H and O–H groups in total. The molecule has 0 aromatic carbocycles. The number of alkyl carbamates (subject to hydrolysis) is 1. The van der Waals surface area contributed by atoms with Gasteiger partial charge in [-0.1, -0.05) is 0 Å². The van der Waals surface area contributed by atoms with Gasteiger partial charge in [-0.3, -0.25) is 0 Å². The molecular weight excluding hydrogens is 210 g/mol. The SMILES string of the molecule is CC(C)(C)OC(=O)N[C]1COC(C)(C)OC1. The molecule has 1 saturated heterocycles. The summed E-state index contributed by atoms with van der Waals surface area (Å²) in [7, 11) is 0.